The molecule has 0 atom stereocenters. The van der Waals surface area contributed by atoms with Gasteiger partial charge in [-0.1, -0.05) is 42.5 Å². The van der Waals surface area contributed by atoms with Gasteiger partial charge in [0, 0.05) is 22.3 Å². The highest BCUT2D eigenvalue weighted by Gasteiger charge is 2.21. The monoisotopic (exact) mass is 436 g/mol. The third kappa shape index (κ3) is 3.80. The van der Waals surface area contributed by atoms with E-state index in [-0.39, 0.29) is 0 Å². The summed E-state index contributed by atoms with van der Waals surface area (Å²) in [5.41, 5.74) is 2.25. The molecular weight excluding hydrogens is 416 g/mol. The molecule has 2 aromatic heterocycles. The summed E-state index contributed by atoms with van der Waals surface area (Å²) < 4.78 is 7.94. The van der Waals surface area contributed by atoms with Gasteiger partial charge in [0.05, 0.1) is 0 Å². The van der Waals surface area contributed by atoms with E-state index in [0.717, 1.165) is 15.4 Å². The zero-order chi connectivity index (χ0) is 19.9. The summed E-state index contributed by atoms with van der Waals surface area (Å²) >= 11 is 3.49. The standard InChI is InChI=1S/C23H21BrN2O2/c1-23(2,3)28-22(27)26-14-18(20-12-19(24)13-25-21(20)26)11-15-8-9-16-6-4-5-7-17(16)10-15/h4-10,12-14H,11H2,1-3H3. The SMILES string of the molecule is CC(C)(C)OC(=O)n1cc(Cc2ccc3ccccc3c2)c2cc(Br)cnc21. The van der Waals surface area contributed by atoms with E-state index in [4.69, 9.17) is 4.74 Å². The van der Waals surface area contributed by atoms with Crippen LogP contribution in [0.2, 0.25) is 0 Å². The van der Waals surface area contributed by atoms with Crippen LogP contribution < -0.4 is 0 Å². The number of fused-ring (bicyclic) bond motifs is 2. The molecule has 0 radical (unpaired) electrons. The molecule has 4 aromatic rings. The number of pyridine rings is 1. The van der Waals surface area contributed by atoms with E-state index < -0.39 is 11.7 Å². The van der Waals surface area contributed by atoms with Gasteiger partial charge >= 0.3 is 6.09 Å². The van der Waals surface area contributed by atoms with Gasteiger partial charge in [-0.15, -0.1) is 0 Å². The lowest BCUT2D eigenvalue weighted by atomic mass is 10.0. The van der Waals surface area contributed by atoms with Crippen LogP contribution in [0.3, 0.4) is 0 Å². The van der Waals surface area contributed by atoms with Crippen LogP contribution in [0.25, 0.3) is 21.8 Å². The first-order chi connectivity index (χ1) is 13.3. The molecule has 0 bridgehead atoms. The number of halogens is 1. The van der Waals surface area contributed by atoms with E-state index in [9.17, 15) is 4.79 Å². The molecule has 2 heterocycles. The number of benzene rings is 2. The first kappa shape index (κ1) is 18.7. The molecule has 0 unspecified atom stereocenters. The Morgan fingerprint density at radius 2 is 1.86 bits per heavy atom. The molecule has 0 spiro atoms. The minimum atomic E-state index is -0.568. The third-order valence-electron chi connectivity index (χ3n) is 4.49. The van der Waals surface area contributed by atoms with Gasteiger partial charge in [-0.05, 0) is 71.1 Å². The zero-order valence-corrected chi connectivity index (χ0v) is 17.7. The normalized spacial score (nSPS) is 11.9. The van der Waals surface area contributed by atoms with Crippen LogP contribution in [0.15, 0.2) is 65.4 Å². The van der Waals surface area contributed by atoms with E-state index in [2.05, 4.69) is 51.2 Å². The van der Waals surface area contributed by atoms with E-state index in [1.807, 2.05) is 45.2 Å². The van der Waals surface area contributed by atoms with Crippen molar-refractivity contribution < 1.29 is 9.53 Å². The van der Waals surface area contributed by atoms with Gasteiger partial charge in [-0.2, -0.15) is 0 Å². The molecule has 28 heavy (non-hydrogen) atoms. The molecule has 4 nitrogen and oxygen atoms in total. The number of nitrogens with zero attached hydrogens (tertiary/aromatic N) is 2. The molecule has 0 aliphatic heterocycles. The highest BCUT2D eigenvalue weighted by atomic mass is 79.9. The van der Waals surface area contributed by atoms with Crippen LogP contribution in [0.5, 0.6) is 0 Å². The summed E-state index contributed by atoms with van der Waals surface area (Å²) in [5.74, 6) is 0. The molecular formula is C23H21BrN2O2. The van der Waals surface area contributed by atoms with E-state index in [1.54, 1.807) is 6.20 Å². The highest BCUT2D eigenvalue weighted by Crippen LogP contribution is 2.27. The average molecular weight is 437 g/mol. The minimum absolute atomic E-state index is 0.419. The molecule has 0 aliphatic rings. The summed E-state index contributed by atoms with van der Waals surface area (Å²) in [4.78, 5) is 17.1. The van der Waals surface area contributed by atoms with Gasteiger partial charge in [-0.25, -0.2) is 14.3 Å². The second kappa shape index (κ2) is 7.06. The fourth-order valence-corrected chi connectivity index (χ4v) is 3.64. The second-order valence-electron chi connectivity index (χ2n) is 7.89. The fourth-order valence-electron chi connectivity index (χ4n) is 3.31. The van der Waals surface area contributed by atoms with E-state index >= 15 is 0 Å². The number of aromatic nitrogens is 2. The Morgan fingerprint density at radius 3 is 2.61 bits per heavy atom. The summed E-state index contributed by atoms with van der Waals surface area (Å²) in [7, 11) is 0. The summed E-state index contributed by atoms with van der Waals surface area (Å²) in [5, 5.41) is 3.36. The number of ether oxygens (including phenoxy) is 1. The van der Waals surface area contributed by atoms with Gasteiger partial charge in [0.15, 0.2) is 0 Å². The average Bonchev–Trinajstić information content (AvgIpc) is 2.98. The van der Waals surface area contributed by atoms with Crippen LogP contribution in [-0.2, 0) is 11.2 Å². The van der Waals surface area contributed by atoms with Crippen molar-refractivity contribution >= 4 is 43.8 Å². The number of rotatable bonds is 2. The Labute approximate surface area is 172 Å². The van der Waals surface area contributed by atoms with Crippen molar-refractivity contribution in [1.82, 2.24) is 9.55 Å². The second-order valence-corrected chi connectivity index (χ2v) is 8.80. The third-order valence-corrected chi connectivity index (χ3v) is 4.92. The number of carbonyl (C=O) groups excluding carboxylic acids is 1. The van der Waals surface area contributed by atoms with Gasteiger partial charge in [0.25, 0.3) is 0 Å². The van der Waals surface area contributed by atoms with Crippen LogP contribution in [0, 0.1) is 0 Å². The van der Waals surface area contributed by atoms with Crippen LogP contribution in [0.1, 0.15) is 31.9 Å². The molecule has 0 N–H and O–H groups in total. The molecule has 4 rings (SSSR count). The first-order valence-electron chi connectivity index (χ1n) is 9.17. The summed E-state index contributed by atoms with van der Waals surface area (Å²) in [6.07, 6.45) is 3.82. The van der Waals surface area contributed by atoms with Crippen molar-refractivity contribution in [1.29, 1.82) is 0 Å². The predicted molar refractivity (Wildman–Crippen MR) is 116 cm³/mol. The summed E-state index contributed by atoms with van der Waals surface area (Å²) in [6.45, 7) is 5.57. The van der Waals surface area contributed by atoms with E-state index in [1.165, 1.54) is 20.9 Å². The van der Waals surface area contributed by atoms with Gasteiger partial charge in [0.2, 0.25) is 0 Å². The smallest absolute Gasteiger partial charge is 0.420 e. The lowest BCUT2D eigenvalue weighted by Gasteiger charge is -2.19. The molecule has 0 saturated carbocycles. The number of hydrogen-bond donors (Lipinski definition) is 0. The molecule has 0 aliphatic carbocycles. The quantitative estimate of drug-likeness (QED) is 0.368. The Balaban J connectivity index is 1.77. The molecule has 0 fully saturated rings. The zero-order valence-electron chi connectivity index (χ0n) is 16.1. The van der Waals surface area contributed by atoms with Crippen LogP contribution in [0.4, 0.5) is 4.79 Å². The van der Waals surface area contributed by atoms with Crippen LogP contribution in [-0.4, -0.2) is 21.2 Å². The molecule has 142 valence electrons. The maximum absolute atomic E-state index is 12.7. The minimum Gasteiger partial charge on any atom is -0.443 e. The van der Waals surface area contributed by atoms with Crippen molar-refractivity contribution in [2.75, 3.05) is 0 Å². The van der Waals surface area contributed by atoms with Crippen molar-refractivity contribution in [3.8, 4) is 0 Å². The molecule has 5 heteroatoms. The fraction of sp³-hybridized carbons (Fsp3) is 0.217. The van der Waals surface area contributed by atoms with E-state index in [0.29, 0.717) is 12.1 Å². The van der Waals surface area contributed by atoms with Crippen molar-refractivity contribution in [3.05, 3.63) is 76.5 Å². The Kier molecular flexibility index (Phi) is 4.71. The number of hydrogen-bond acceptors (Lipinski definition) is 3. The predicted octanol–water partition coefficient (Wildman–Crippen LogP) is 6.33. The van der Waals surface area contributed by atoms with Crippen molar-refractivity contribution in [2.45, 2.75) is 32.8 Å². The van der Waals surface area contributed by atoms with Crippen molar-refractivity contribution in [3.63, 3.8) is 0 Å². The highest BCUT2D eigenvalue weighted by molar-refractivity contribution is 9.10. The lowest BCUT2D eigenvalue weighted by molar-refractivity contribution is 0.0543. The molecule has 0 saturated heterocycles. The largest absolute Gasteiger partial charge is 0.443 e. The van der Waals surface area contributed by atoms with Crippen molar-refractivity contribution in [2.24, 2.45) is 0 Å². The maximum Gasteiger partial charge on any atom is 0.420 e. The van der Waals surface area contributed by atoms with Gasteiger partial charge in [-0.3, -0.25) is 0 Å². The van der Waals surface area contributed by atoms with Crippen LogP contribution >= 0.6 is 15.9 Å². The van der Waals surface area contributed by atoms with Gasteiger partial charge < -0.3 is 4.74 Å². The Bertz CT molecular complexity index is 1190. The maximum atomic E-state index is 12.7. The Hall–Kier alpha value is -2.66. The molecule has 0 amide bonds. The molecule has 2 aromatic carbocycles. The topological polar surface area (TPSA) is 44.1 Å². The Morgan fingerprint density at radius 1 is 1.11 bits per heavy atom. The van der Waals surface area contributed by atoms with Gasteiger partial charge in [0.1, 0.15) is 11.2 Å². The first-order valence-corrected chi connectivity index (χ1v) is 9.96. The summed E-state index contributed by atoms with van der Waals surface area (Å²) in [6, 6.07) is 16.8. The number of carbonyl (C=O) groups is 1. The lowest BCUT2D eigenvalue weighted by Crippen LogP contribution is -2.26.